The molecule has 2 aromatic rings. The van der Waals surface area contributed by atoms with Gasteiger partial charge >= 0.3 is 0 Å². The maximum absolute atomic E-state index is 9.85. The number of ether oxygens (including phenoxy) is 2. The van der Waals surface area contributed by atoms with Crippen molar-refractivity contribution >= 4 is 11.6 Å². The lowest BCUT2D eigenvalue weighted by Gasteiger charge is -2.48. The van der Waals surface area contributed by atoms with Gasteiger partial charge in [-0.1, -0.05) is 66.2 Å². The minimum Gasteiger partial charge on any atom is -0.395 e. The van der Waals surface area contributed by atoms with Crippen LogP contribution in [0.5, 0.6) is 0 Å². The summed E-state index contributed by atoms with van der Waals surface area (Å²) in [6, 6.07) is 18.6. The Hall–Kier alpha value is -1.95. The van der Waals surface area contributed by atoms with Crippen LogP contribution >= 0.6 is 11.6 Å². The van der Waals surface area contributed by atoms with Gasteiger partial charge in [0.05, 0.1) is 13.2 Å². The number of benzene rings is 2. The Bertz CT molecular complexity index is 1030. The molecule has 1 aliphatic heterocycles. The van der Waals surface area contributed by atoms with Crippen LogP contribution in [0.25, 0.3) is 0 Å². The van der Waals surface area contributed by atoms with Gasteiger partial charge in [-0.05, 0) is 60.7 Å². The fraction of sp³-hybridized carbons (Fsp3) is 0.429. The van der Waals surface area contributed by atoms with E-state index in [1.165, 1.54) is 11.1 Å². The van der Waals surface area contributed by atoms with Crippen LogP contribution in [0.15, 0.2) is 78.4 Å². The number of methoxy groups -OCH3 is 1. The molecule has 0 spiro atoms. The molecule has 33 heavy (non-hydrogen) atoms. The van der Waals surface area contributed by atoms with Crippen molar-refractivity contribution in [3.8, 4) is 0 Å². The molecule has 3 atom stereocenters. The summed E-state index contributed by atoms with van der Waals surface area (Å²) in [7, 11) is 1.71. The number of aliphatic hydroxyl groups excluding tert-OH is 1. The zero-order valence-electron chi connectivity index (χ0n) is 19.1. The van der Waals surface area contributed by atoms with Gasteiger partial charge in [0.15, 0.2) is 0 Å². The highest BCUT2D eigenvalue weighted by molar-refractivity contribution is 6.31. The van der Waals surface area contributed by atoms with E-state index in [4.69, 9.17) is 21.1 Å². The Balaban J connectivity index is 1.52. The molecular formula is C28H32ClNO3. The molecule has 0 amide bonds. The second kappa shape index (κ2) is 9.36. The Kier molecular flexibility index (Phi) is 6.47. The third kappa shape index (κ3) is 4.31. The second-order valence-electron chi connectivity index (χ2n) is 9.40. The lowest BCUT2D eigenvalue weighted by molar-refractivity contribution is -0.163. The van der Waals surface area contributed by atoms with Crippen molar-refractivity contribution < 1.29 is 14.6 Å². The molecule has 174 valence electrons. The molecular weight excluding hydrogens is 434 g/mol. The van der Waals surface area contributed by atoms with E-state index in [9.17, 15) is 5.11 Å². The molecule has 5 rings (SSSR count). The highest BCUT2D eigenvalue weighted by Crippen LogP contribution is 2.58. The quantitative estimate of drug-likeness (QED) is 0.434. The van der Waals surface area contributed by atoms with Crippen LogP contribution in [-0.2, 0) is 21.5 Å². The number of fused-ring (bicyclic) bond motifs is 1. The van der Waals surface area contributed by atoms with E-state index < -0.39 is 5.79 Å². The Morgan fingerprint density at radius 1 is 1.09 bits per heavy atom. The molecule has 0 bridgehead atoms. The van der Waals surface area contributed by atoms with Gasteiger partial charge in [-0.3, -0.25) is 4.90 Å². The van der Waals surface area contributed by atoms with Gasteiger partial charge in [0.25, 0.3) is 0 Å². The Morgan fingerprint density at radius 3 is 2.55 bits per heavy atom. The highest BCUT2D eigenvalue weighted by atomic mass is 35.5. The minimum absolute atomic E-state index is 0.0396. The van der Waals surface area contributed by atoms with Crippen molar-refractivity contribution in [2.45, 2.75) is 43.1 Å². The first kappa shape index (κ1) is 22.8. The topological polar surface area (TPSA) is 41.9 Å². The summed E-state index contributed by atoms with van der Waals surface area (Å²) in [5.41, 5.74) is 3.61. The lowest BCUT2D eigenvalue weighted by atomic mass is 9.72. The largest absolute Gasteiger partial charge is 0.395 e. The maximum Gasteiger partial charge on any atom is 0.208 e. The summed E-state index contributed by atoms with van der Waals surface area (Å²) in [6.45, 7) is 2.21. The van der Waals surface area contributed by atoms with Gasteiger partial charge in [-0.25, -0.2) is 0 Å². The lowest BCUT2D eigenvalue weighted by Crippen LogP contribution is -2.53. The number of β-amino-alcohol motifs (C(OH)–C–C–N with tert-alkyl or cyclic N) is 1. The summed E-state index contributed by atoms with van der Waals surface area (Å²) in [5, 5.41) is 10.7. The number of nitrogens with zero attached hydrogens (tertiary/aromatic N) is 1. The normalized spacial score (nSPS) is 28.3. The zero-order chi connectivity index (χ0) is 22.9. The fourth-order valence-electron chi connectivity index (χ4n) is 5.71. The molecule has 5 heteroatoms. The number of allylic oxidation sites excluding steroid dienone is 1. The number of likely N-dealkylation sites (tertiary alicyclic amines) is 1. The van der Waals surface area contributed by atoms with Gasteiger partial charge in [0.1, 0.15) is 0 Å². The van der Waals surface area contributed by atoms with Crippen LogP contribution in [0.2, 0.25) is 5.02 Å². The molecule has 2 aliphatic carbocycles. The third-order valence-corrected chi connectivity index (χ3v) is 7.83. The molecule has 3 aliphatic rings. The predicted octanol–water partition coefficient (Wildman–Crippen LogP) is 5.11. The molecule has 0 radical (unpaired) electrons. The van der Waals surface area contributed by atoms with E-state index >= 15 is 0 Å². The molecule has 2 fully saturated rings. The average molecular weight is 466 g/mol. The standard InChI is InChI=1S/C28H32ClNO3/c1-32-28(33-20-21-7-3-2-4-8-21)13-11-22-12-16-30(17-18-31)26(23(22)19-28)27(14-15-27)24-9-5-6-10-25(24)29/h2-11,13,19,22,26,31H,12,14-18,20H2,1H3. The summed E-state index contributed by atoms with van der Waals surface area (Å²) < 4.78 is 12.4. The van der Waals surface area contributed by atoms with Gasteiger partial charge in [-0.2, -0.15) is 0 Å². The summed E-state index contributed by atoms with van der Waals surface area (Å²) in [5.74, 6) is -0.563. The number of halogens is 1. The first-order valence-corrected chi connectivity index (χ1v) is 12.2. The predicted molar refractivity (Wildman–Crippen MR) is 131 cm³/mol. The van der Waals surface area contributed by atoms with Crippen molar-refractivity contribution in [1.29, 1.82) is 0 Å². The first-order valence-electron chi connectivity index (χ1n) is 11.9. The van der Waals surface area contributed by atoms with Gasteiger partial charge in [-0.15, -0.1) is 0 Å². The molecule has 1 heterocycles. The van der Waals surface area contributed by atoms with E-state index in [1.54, 1.807) is 7.11 Å². The monoisotopic (exact) mass is 465 g/mol. The van der Waals surface area contributed by atoms with Crippen molar-refractivity contribution in [2.75, 3.05) is 26.8 Å². The second-order valence-corrected chi connectivity index (χ2v) is 9.80. The molecule has 4 nitrogen and oxygen atoms in total. The van der Waals surface area contributed by atoms with E-state index in [-0.39, 0.29) is 18.1 Å². The molecule has 1 saturated carbocycles. The van der Waals surface area contributed by atoms with Crippen molar-refractivity contribution in [2.24, 2.45) is 5.92 Å². The number of hydrogen-bond acceptors (Lipinski definition) is 4. The summed E-state index contributed by atoms with van der Waals surface area (Å²) in [6.07, 6.45) is 9.72. The van der Waals surface area contributed by atoms with Gasteiger partial charge in [0.2, 0.25) is 5.79 Å². The van der Waals surface area contributed by atoms with Crippen molar-refractivity contribution in [3.05, 3.63) is 94.5 Å². The molecule has 1 saturated heterocycles. The molecule has 3 unspecified atom stereocenters. The van der Waals surface area contributed by atoms with Gasteiger partial charge < -0.3 is 14.6 Å². The fourth-order valence-corrected chi connectivity index (χ4v) is 6.04. The van der Waals surface area contributed by atoms with E-state index in [0.717, 1.165) is 36.4 Å². The van der Waals surface area contributed by atoms with Crippen molar-refractivity contribution in [1.82, 2.24) is 4.90 Å². The van der Waals surface area contributed by atoms with Crippen LogP contribution in [0.4, 0.5) is 0 Å². The minimum atomic E-state index is -0.904. The zero-order valence-corrected chi connectivity index (χ0v) is 19.9. The van der Waals surface area contributed by atoms with E-state index in [1.807, 2.05) is 30.3 Å². The number of hydrogen-bond donors (Lipinski definition) is 1. The first-order chi connectivity index (χ1) is 16.1. The van der Waals surface area contributed by atoms with E-state index in [0.29, 0.717) is 19.1 Å². The molecule has 0 aromatic heterocycles. The number of aliphatic hydroxyl groups is 1. The van der Waals surface area contributed by atoms with Crippen LogP contribution in [0, 0.1) is 5.92 Å². The van der Waals surface area contributed by atoms with Gasteiger partial charge in [0, 0.05) is 36.1 Å². The molecule has 1 N–H and O–H groups in total. The average Bonchev–Trinajstić information content (AvgIpc) is 3.65. The van der Waals surface area contributed by atoms with Crippen LogP contribution in [-0.4, -0.2) is 48.6 Å². The van der Waals surface area contributed by atoms with Crippen LogP contribution < -0.4 is 0 Å². The van der Waals surface area contributed by atoms with E-state index in [2.05, 4.69) is 47.4 Å². The summed E-state index contributed by atoms with van der Waals surface area (Å²) >= 11 is 6.72. The maximum atomic E-state index is 9.85. The van der Waals surface area contributed by atoms with Crippen molar-refractivity contribution in [3.63, 3.8) is 0 Å². The highest BCUT2D eigenvalue weighted by Gasteiger charge is 2.57. The summed E-state index contributed by atoms with van der Waals surface area (Å²) in [4.78, 5) is 2.44. The van der Waals surface area contributed by atoms with Crippen LogP contribution in [0.1, 0.15) is 30.4 Å². The third-order valence-electron chi connectivity index (χ3n) is 7.50. The van der Waals surface area contributed by atoms with Crippen LogP contribution in [0.3, 0.4) is 0 Å². The SMILES string of the molecule is COC1(OCc2ccccc2)C=CC2CCN(CCO)C(C3(c4ccccc4Cl)CC3)C2=C1. The smallest absolute Gasteiger partial charge is 0.208 e. The number of rotatable bonds is 8. The Labute approximate surface area is 201 Å². The molecule has 2 aromatic carbocycles. The Morgan fingerprint density at radius 2 is 1.85 bits per heavy atom. The number of piperidine rings is 1.